The summed E-state index contributed by atoms with van der Waals surface area (Å²) in [5, 5.41) is 0. The van der Waals surface area contributed by atoms with Gasteiger partial charge in [-0.3, -0.25) is 4.79 Å². The normalized spacial score (nSPS) is 10.1. The number of ketones is 1. The summed E-state index contributed by atoms with van der Waals surface area (Å²) < 4.78 is 5.35. The Morgan fingerprint density at radius 1 is 0.944 bits per heavy atom. The second-order valence-corrected chi connectivity index (χ2v) is 4.15. The minimum atomic E-state index is 0.0399. The van der Waals surface area contributed by atoms with Crippen LogP contribution in [-0.4, -0.2) is 12.4 Å². The maximum atomic E-state index is 12.2. The molecule has 2 aromatic carbocycles. The summed E-state index contributed by atoms with van der Waals surface area (Å²) in [4.78, 5) is 12.2. The molecule has 0 unspecified atom stereocenters. The Hall–Kier alpha value is -2.09. The average molecular weight is 240 g/mol. The van der Waals surface area contributed by atoms with Gasteiger partial charge in [0.1, 0.15) is 5.75 Å². The minimum absolute atomic E-state index is 0.0399. The van der Waals surface area contributed by atoms with Gasteiger partial charge in [-0.25, -0.2) is 0 Å². The molecule has 0 saturated heterocycles. The van der Waals surface area contributed by atoms with Crippen molar-refractivity contribution in [2.45, 2.75) is 13.8 Å². The third kappa shape index (κ3) is 2.77. The number of ether oxygens (including phenoxy) is 1. The van der Waals surface area contributed by atoms with E-state index in [1.807, 2.05) is 50.2 Å². The van der Waals surface area contributed by atoms with Crippen LogP contribution in [0.25, 0.3) is 0 Å². The summed E-state index contributed by atoms with van der Waals surface area (Å²) in [6, 6.07) is 14.8. The molecule has 18 heavy (non-hydrogen) atoms. The molecule has 0 aliphatic rings. The lowest BCUT2D eigenvalue weighted by Gasteiger charge is -2.05. The van der Waals surface area contributed by atoms with Gasteiger partial charge >= 0.3 is 0 Å². The lowest BCUT2D eigenvalue weighted by atomic mass is 10.0. The third-order valence-electron chi connectivity index (χ3n) is 2.74. The van der Waals surface area contributed by atoms with E-state index in [0.717, 1.165) is 11.3 Å². The van der Waals surface area contributed by atoms with E-state index in [1.54, 1.807) is 12.1 Å². The Kier molecular flexibility index (Phi) is 3.78. The second-order valence-electron chi connectivity index (χ2n) is 4.15. The van der Waals surface area contributed by atoms with Gasteiger partial charge in [-0.2, -0.15) is 0 Å². The van der Waals surface area contributed by atoms with E-state index in [1.165, 1.54) is 0 Å². The second kappa shape index (κ2) is 5.50. The monoisotopic (exact) mass is 240 g/mol. The third-order valence-corrected chi connectivity index (χ3v) is 2.74. The van der Waals surface area contributed by atoms with E-state index in [2.05, 4.69) is 0 Å². The molecule has 0 amide bonds. The zero-order valence-electron chi connectivity index (χ0n) is 10.6. The van der Waals surface area contributed by atoms with Gasteiger partial charge in [0.25, 0.3) is 0 Å². The van der Waals surface area contributed by atoms with Crippen LogP contribution in [0, 0.1) is 6.92 Å². The highest BCUT2D eigenvalue weighted by molar-refractivity contribution is 6.09. The molecule has 0 fully saturated rings. The van der Waals surface area contributed by atoms with E-state index >= 15 is 0 Å². The first-order valence-electron chi connectivity index (χ1n) is 6.05. The van der Waals surface area contributed by atoms with Crippen LogP contribution in [0.15, 0.2) is 48.5 Å². The van der Waals surface area contributed by atoms with E-state index in [0.29, 0.717) is 17.7 Å². The topological polar surface area (TPSA) is 26.3 Å². The highest BCUT2D eigenvalue weighted by Gasteiger charge is 2.08. The van der Waals surface area contributed by atoms with Crippen LogP contribution in [0.4, 0.5) is 0 Å². The summed E-state index contributed by atoms with van der Waals surface area (Å²) in [6.45, 7) is 4.57. The Morgan fingerprint density at radius 3 is 1.94 bits per heavy atom. The van der Waals surface area contributed by atoms with Crippen molar-refractivity contribution in [3.05, 3.63) is 65.2 Å². The summed E-state index contributed by atoms with van der Waals surface area (Å²) >= 11 is 0. The molecule has 92 valence electrons. The number of benzene rings is 2. The molecule has 0 atom stereocenters. The molecule has 2 heteroatoms. The fourth-order valence-corrected chi connectivity index (χ4v) is 1.74. The molecular formula is C16H16O2. The highest BCUT2D eigenvalue weighted by atomic mass is 16.5. The van der Waals surface area contributed by atoms with Gasteiger partial charge in [0.05, 0.1) is 6.61 Å². The molecule has 0 saturated carbocycles. The van der Waals surface area contributed by atoms with Crippen LogP contribution >= 0.6 is 0 Å². The van der Waals surface area contributed by atoms with Crippen LogP contribution < -0.4 is 4.74 Å². The zero-order chi connectivity index (χ0) is 13.0. The Morgan fingerprint density at radius 2 is 1.44 bits per heavy atom. The number of carbonyl (C=O) groups is 1. The SMILES string of the molecule is CCOc1ccc(C(=O)c2ccc(C)cc2)cc1. The Labute approximate surface area is 107 Å². The summed E-state index contributed by atoms with van der Waals surface area (Å²) in [6.07, 6.45) is 0. The molecule has 0 aliphatic heterocycles. The number of carbonyl (C=O) groups excluding carboxylic acids is 1. The number of hydrogen-bond donors (Lipinski definition) is 0. The maximum Gasteiger partial charge on any atom is 0.193 e. The first-order valence-corrected chi connectivity index (χ1v) is 6.05. The van der Waals surface area contributed by atoms with Crippen LogP contribution in [-0.2, 0) is 0 Å². The van der Waals surface area contributed by atoms with Gasteiger partial charge in [-0.15, -0.1) is 0 Å². The molecule has 0 heterocycles. The lowest BCUT2D eigenvalue weighted by molar-refractivity contribution is 0.103. The summed E-state index contributed by atoms with van der Waals surface area (Å²) in [5.74, 6) is 0.830. The fraction of sp³-hybridized carbons (Fsp3) is 0.188. The van der Waals surface area contributed by atoms with Crippen molar-refractivity contribution < 1.29 is 9.53 Å². The van der Waals surface area contributed by atoms with Crippen molar-refractivity contribution in [1.82, 2.24) is 0 Å². The van der Waals surface area contributed by atoms with Gasteiger partial charge in [-0.05, 0) is 38.1 Å². The summed E-state index contributed by atoms with van der Waals surface area (Å²) in [7, 11) is 0. The smallest absolute Gasteiger partial charge is 0.193 e. The van der Waals surface area contributed by atoms with Crippen LogP contribution in [0.1, 0.15) is 28.4 Å². The highest BCUT2D eigenvalue weighted by Crippen LogP contribution is 2.15. The van der Waals surface area contributed by atoms with E-state index in [4.69, 9.17) is 4.74 Å². The minimum Gasteiger partial charge on any atom is -0.494 e. The molecule has 2 rings (SSSR count). The molecule has 0 bridgehead atoms. The largest absolute Gasteiger partial charge is 0.494 e. The van der Waals surface area contributed by atoms with Crippen molar-refractivity contribution >= 4 is 5.78 Å². The standard InChI is InChI=1S/C16H16O2/c1-3-18-15-10-8-14(9-11-15)16(17)13-6-4-12(2)5-7-13/h4-11H,3H2,1-2H3. The van der Waals surface area contributed by atoms with Gasteiger partial charge in [-0.1, -0.05) is 29.8 Å². The fourth-order valence-electron chi connectivity index (χ4n) is 1.74. The van der Waals surface area contributed by atoms with Gasteiger partial charge in [0.15, 0.2) is 5.78 Å². The molecule has 2 aromatic rings. The predicted octanol–water partition coefficient (Wildman–Crippen LogP) is 3.62. The van der Waals surface area contributed by atoms with Gasteiger partial charge in [0.2, 0.25) is 0 Å². The number of hydrogen-bond acceptors (Lipinski definition) is 2. The van der Waals surface area contributed by atoms with Crippen molar-refractivity contribution in [2.24, 2.45) is 0 Å². The molecular weight excluding hydrogens is 224 g/mol. The first-order chi connectivity index (χ1) is 8.70. The molecule has 0 spiro atoms. The van der Waals surface area contributed by atoms with Crippen LogP contribution in [0.5, 0.6) is 5.75 Å². The van der Waals surface area contributed by atoms with Crippen molar-refractivity contribution in [1.29, 1.82) is 0 Å². The van der Waals surface area contributed by atoms with Crippen molar-refractivity contribution in [2.75, 3.05) is 6.61 Å². The predicted molar refractivity (Wildman–Crippen MR) is 72.2 cm³/mol. The molecule has 0 radical (unpaired) electrons. The molecule has 0 aliphatic carbocycles. The number of rotatable bonds is 4. The van der Waals surface area contributed by atoms with Crippen molar-refractivity contribution in [3.63, 3.8) is 0 Å². The Bertz CT molecular complexity index is 524. The van der Waals surface area contributed by atoms with Gasteiger partial charge in [0, 0.05) is 11.1 Å². The van der Waals surface area contributed by atoms with Crippen molar-refractivity contribution in [3.8, 4) is 5.75 Å². The van der Waals surface area contributed by atoms with E-state index in [-0.39, 0.29) is 5.78 Å². The molecule has 2 nitrogen and oxygen atoms in total. The zero-order valence-corrected chi connectivity index (χ0v) is 10.6. The van der Waals surface area contributed by atoms with Crippen LogP contribution in [0.3, 0.4) is 0 Å². The first kappa shape index (κ1) is 12.4. The number of aryl methyl sites for hydroxylation is 1. The maximum absolute atomic E-state index is 12.2. The van der Waals surface area contributed by atoms with E-state index < -0.39 is 0 Å². The molecule has 0 N–H and O–H groups in total. The lowest BCUT2D eigenvalue weighted by Crippen LogP contribution is -2.01. The van der Waals surface area contributed by atoms with Gasteiger partial charge < -0.3 is 4.74 Å². The quantitative estimate of drug-likeness (QED) is 0.763. The average Bonchev–Trinajstić information content (AvgIpc) is 2.40. The molecule has 0 aromatic heterocycles. The Balaban J connectivity index is 2.20. The van der Waals surface area contributed by atoms with E-state index in [9.17, 15) is 4.79 Å². The van der Waals surface area contributed by atoms with Crippen LogP contribution in [0.2, 0.25) is 0 Å². The summed E-state index contributed by atoms with van der Waals surface area (Å²) in [5.41, 5.74) is 2.55.